The second-order valence-electron chi connectivity index (χ2n) is 4.04. The number of benzene rings is 1. The van der Waals surface area contributed by atoms with Gasteiger partial charge in [-0.2, -0.15) is 0 Å². The Bertz CT molecular complexity index is 480. The van der Waals surface area contributed by atoms with Crippen molar-refractivity contribution in [3.63, 3.8) is 0 Å². The molecule has 1 aromatic carbocycles. The van der Waals surface area contributed by atoms with Gasteiger partial charge in [0.15, 0.2) is 5.11 Å². The van der Waals surface area contributed by atoms with E-state index in [9.17, 15) is 0 Å². The van der Waals surface area contributed by atoms with Gasteiger partial charge in [-0.3, -0.25) is 0 Å². The first-order valence-corrected chi connectivity index (χ1v) is 7.16. The van der Waals surface area contributed by atoms with Gasteiger partial charge < -0.3 is 10.6 Å². The molecule has 0 aliphatic heterocycles. The third-order valence-electron chi connectivity index (χ3n) is 2.65. The van der Waals surface area contributed by atoms with E-state index >= 15 is 0 Å². The molecular weight excluding hydrogens is 260 g/mol. The fourth-order valence-corrected chi connectivity index (χ4v) is 2.55. The summed E-state index contributed by atoms with van der Waals surface area (Å²) in [5.41, 5.74) is 1.23. The Morgan fingerprint density at radius 3 is 2.67 bits per heavy atom. The number of hydrogen-bond donors (Lipinski definition) is 2. The molecule has 0 bridgehead atoms. The Hall–Kier alpha value is -1.39. The smallest absolute Gasteiger partial charge is 0.167 e. The predicted octanol–water partition coefficient (Wildman–Crippen LogP) is 3.47. The topological polar surface area (TPSA) is 24.1 Å². The number of nitrogens with one attached hydrogen (secondary N) is 2. The highest BCUT2D eigenvalue weighted by atomic mass is 32.1. The highest BCUT2D eigenvalue weighted by Gasteiger charge is 2.05. The van der Waals surface area contributed by atoms with Gasteiger partial charge in [0.2, 0.25) is 0 Å². The molecular formula is C14H16N2S2. The number of thiophene rings is 1. The Morgan fingerprint density at radius 2 is 2.00 bits per heavy atom. The van der Waals surface area contributed by atoms with Gasteiger partial charge in [0.25, 0.3) is 0 Å². The molecule has 0 fully saturated rings. The molecule has 1 unspecified atom stereocenters. The van der Waals surface area contributed by atoms with Crippen LogP contribution in [-0.4, -0.2) is 5.11 Å². The molecule has 1 aromatic heterocycles. The van der Waals surface area contributed by atoms with E-state index in [1.165, 1.54) is 10.4 Å². The summed E-state index contributed by atoms with van der Waals surface area (Å²) in [7, 11) is 0. The van der Waals surface area contributed by atoms with E-state index < -0.39 is 0 Å². The van der Waals surface area contributed by atoms with E-state index in [0.29, 0.717) is 5.11 Å². The lowest BCUT2D eigenvalue weighted by molar-refractivity contribution is 0.699. The van der Waals surface area contributed by atoms with Crippen molar-refractivity contribution in [1.82, 2.24) is 10.6 Å². The molecule has 0 radical (unpaired) electrons. The highest BCUT2D eigenvalue weighted by molar-refractivity contribution is 7.80. The first-order valence-electron chi connectivity index (χ1n) is 5.87. The molecule has 1 atom stereocenters. The van der Waals surface area contributed by atoms with E-state index in [4.69, 9.17) is 12.2 Å². The SMILES string of the molecule is CC(NC(=S)NCc1cccs1)c1ccccc1. The fourth-order valence-electron chi connectivity index (χ4n) is 1.65. The molecule has 2 rings (SSSR count). The summed E-state index contributed by atoms with van der Waals surface area (Å²) in [6, 6.07) is 14.6. The van der Waals surface area contributed by atoms with Crippen molar-refractivity contribution in [3.05, 3.63) is 58.3 Å². The zero-order valence-electron chi connectivity index (χ0n) is 10.2. The average Bonchev–Trinajstić information content (AvgIpc) is 2.90. The van der Waals surface area contributed by atoms with Crippen LogP contribution in [-0.2, 0) is 6.54 Å². The van der Waals surface area contributed by atoms with Crippen LogP contribution < -0.4 is 10.6 Å². The lowest BCUT2D eigenvalue weighted by atomic mass is 10.1. The van der Waals surface area contributed by atoms with Gasteiger partial charge in [0.05, 0.1) is 12.6 Å². The predicted molar refractivity (Wildman–Crippen MR) is 81.7 cm³/mol. The molecule has 4 heteroatoms. The van der Waals surface area contributed by atoms with Gasteiger partial charge in [-0.05, 0) is 36.2 Å². The van der Waals surface area contributed by atoms with Crippen LogP contribution >= 0.6 is 23.6 Å². The lowest BCUT2D eigenvalue weighted by Crippen LogP contribution is -2.36. The zero-order chi connectivity index (χ0) is 12.8. The summed E-state index contributed by atoms with van der Waals surface area (Å²) in [5, 5.41) is 9.26. The van der Waals surface area contributed by atoms with Gasteiger partial charge in [0, 0.05) is 4.88 Å². The van der Waals surface area contributed by atoms with Crippen molar-refractivity contribution in [3.8, 4) is 0 Å². The molecule has 2 nitrogen and oxygen atoms in total. The summed E-state index contributed by atoms with van der Waals surface area (Å²) in [6.07, 6.45) is 0. The van der Waals surface area contributed by atoms with Crippen LogP contribution in [0.3, 0.4) is 0 Å². The number of thiocarbonyl (C=S) groups is 1. The highest BCUT2D eigenvalue weighted by Crippen LogP contribution is 2.11. The maximum absolute atomic E-state index is 5.29. The normalized spacial score (nSPS) is 11.8. The fraction of sp³-hybridized carbons (Fsp3) is 0.214. The number of rotatable bonds is 4. The van der Waals surface area contributed by atoms with E-state index in [0.717, 1.165) is 6.54 Å². The maximum Gasteiger partial charge on any atom is 0.167 e. The van der Waals surface area contributed by atoms with Crippen molar-refractivity contribution < 1.29 is 0 Å². The number of hydrogen-bond acceptors (Lipinski definition) is 2. The molecule has 0 aliphatic carbocycles. The average molecular weight is 276 g/mol. The van der Waals surface area contributed by atoms with Crippen LogP contribution in [0.5, 0.6) is 0 Å². The zero-order valence-corrected chi connectivity index (χ0v) is 11.9. The molecule has 2 aromatic rings. The van der Waals surface area contributed by atoms with Crippen molar-refractivity contribution in [2.75, 3.05) is 0 Å². The third-order valence-corrected chi connectivity index (χ3v) is 3.79. The molecule has 94 valence electrons. The molecule has 0 saturated heterocycles. The molecule has 18 heavy (non-hydrogen) atoms. The third kappa shape index (κ3) is 3.82. The maximum atomic E-state index is 5.29. The lowest BCUT2D eigenvalue weighted by Gasteiger charge is -2.17. The summed E-state index contributed by atoms with van der Waals surface area (Å²) in [4.78, 5) is 1.28. The quantitative estimate of drug-likeness (QED) is 0.836. The van der Waals surface area contributed by atoms with Gasteiger partial charge in [0.1, 0.15) is 0 Å². The standard InChI is InChI=1S/C14H16N2S2/c1-11(12-6-3-2-4-7-12)16-14(17)15-10-13-8-5-9-18-13/h2-9,11H,10H2,1H3,(H2,15,16,17). The van der Waals surface area contributed by atoms with Crippen LogP contribution in [0.15, 0.2) is 47.8 Å². The molecule has 0 aliphatic rings. The molecule has 0 saturated carbocycles. The molecule has 0 amide bonds. The first-order chi connectivity index (χ1) is 8.75. The summed E-state index contributed by atoms with van der Waals surface area (Å²) in [5.74, 6) is 0. The van der Waals surface area contributed by atoms with Gasteiger partial charge in [-0.1, -0.05) is 36.4 Å². The second kappa shape index (κ2) is 6.52. The Labute approximate surface area is 117 Å². The van der Waals surface area contributed by atoms with Crippen molar-refractivity contribution >= 4 is 28.7 Å². The van der Waals surface area contributed by atoms with E-state index in [1.807, 2.05) is 24.3 Å². The molecule has 0 spiro atoms. The van der Waals surface area contributed by atoms with Crippen LogP contribution in [0.25, 0.3) is 0 Å². The van der Waals surface area contributed by atoms with Crippen LogP contribution in [0.1, 0.15) is 23.4 Å². The van der Waals surface area contributed by atoms with Crippen molar-refractivity contribution in [2.24, 2.45) is 0 Å². The summed E-state index contributed by atoms with van der Waals surface area (Å²) in [6.45, 7) is 2.89. The molecule has 2 N–H and O–H groups in total. The minimum Gasteiger partial charge on any atom is -0.358 e. The van der Waals surface area contributed by atoms with Crippen LogP contribution in [0, 0.1) is 0 Å². The van der Waals surface area contributed by atoms with Crippen molar-refractivity contribution in [1.29, 1.82) is 0 Å². The van der Waals surface area contributed by atoms with Gasteiger partial charge >= 0.3 is 0 Å². The van der Waals surface area contributed by atoms with E-state index in [2.05, 4.69) is 41.1 Å². The Kier molecular flexibility index (Phi) is 4.73. The Morgan fingerprint density at radius 1 is 1.22 bits per heavy atom. The van der Waals surface area contributed by atoms with Crippen LogP contribution in [0.2, 0.25) is 0 Å². The van der Waals surface area contributed by atoms with Gasteiger partial charge in [-0.15, -0.1) is 11.3 Å². The van der Waals surface area contributed by atoms with Crippen molar-refractivity contribution in [2.45, 2.75) is 19.5 Å². The minimum atomic E-state index is 0.217. The van der Waals surface area contributed by atoms with Gasteiger partial charge in [-0.25, -0.2) is 0 Å². The largest absolute Gasteiger partial charge is 0.358 e. The second-order valence-corrected chi connectivity index (χ2v) is 5.48. The summed E-state index contributed by atoms with van der Waals surface area (Å²) < 4.78 is 0. The monoisotopic (exact) mass is 276 g/mol. The van der Waals surface area contributed by atoms with E-state index in [-0.39, 0.29) is 6.04 Å². The minimum absolute atomic E-state index is 0.217. The first kappa shape index (κ1) is 13.1. The Balaban J connectivity index is 1.80. The van der Waals surface area contributed by atoms with E-state index in [1.54, 1.807) is 11.3 Å². The molecule has 1 heterocycles. The summed E-state index contributed by atoms with van der Waals surface area (Å²) >= 11 is 7.02. The van der Waals surface area contributed by atoms with Crippen LogP contribution in [0.4, 0.5) is 0 Å².